The van der Waals surface area contributed by atoms with E-state index in [4.69, 9.17) is 0 Å². The number of hydrogen-bond acceptors (Lipinski definition) is 1. The molecule has 0 radical (unpaired) electrons. The number of rotatable bonds is 1. The summed E-state index contributed by atoms with van der Waals surface area (Å²) in [6.07, 6.45) is -3.47. The van der Waals surface area contributed by atoms with Gasteiger partial charge in [0.05, 0.1) is 11.6 Å². The van der Waals surface area contributed by atoms with E-state index >= 15 is 0 Å². The third-order valence-electron chi connectivity index (χ3n) is 4.21. The molecule has 1 aliphatic heterocycles. The highest BCUT2D eigenvalue weighted by Crippen LogP contribution is 2.38. The number of alkyl halides is 3. The average molecular weight is 291 g/mol. The Balaban J connectivity index is 1.86. The van der Waals surface area contributed by atoms with Crippen LogP contribution in [0.2, 0.25) is 0 Å². The number of fused-ring (bicyclic) bond motifs is 1. The predicted molar refractivity (Wildman–Crippen MR) is 77.4 cm³/mol. The second-order valence-corrected chi connectivity index (χ2v) is 5.56. The van der Waals surface area contributed by atoms with Gasteiger partial charge in [-0.05, 0) is 54.7 Å². The van der Waals surface area contributed by atoms with Gasteiger partial charge in [-0.3, -0.25) is 0 Å². The molecule has 1 atom stereocenters. The smallest absolute Gasteiger partial charge is 0.377 e. The van der Waals surface area contributed by atoms with Crippen LogP contribution in [0.25, 0.3) is 0 Å². The van der Waals surface area contributed by atoms with Crippen LogP contribution in [0.15, 0.2) is 36.4 Å². The van der Waals surface area contributed by atoms with Crippen molar-refractivity contribution in [1.82, 2.24) is 0 Å². The van der Waals surface area contributed by atoms with E-state index in [1.165, 1.54) is 16.7 Å². The summed E-state index contributed by atoms with van der Waals surface area (Å²) in [4.78, 5) is 0. The lowest BCUT2D eigenvalue weighted by Crippen LogP contribution is -2.08. The van der Waals surface area contributed by atoms with Crippen molar-refractivity contribution in [2.24, 2.45) is 0 Å². The maximum absolute atomic E-state index is 12.6. The molecule has 0 spiro atoms. The molecule has 0 saturated carbocycles. The molecule has 4 heteroatoms. The van der Waals surface area contributed by atoms with Gasteiger partial charge in [-0.2, -0.15) is 13.2 Å². The van der Waals surface area contributed by atoms with E-state index in [0.29, 0.717) is 0 Å². The number of anilines is 1. The van der Waals surface area contributed by atoms with E-state index in [0.717, 1.165) is 29.8 Å². The molecule has 0 aromatic heterocycles. The zero-order valence-electron chi connectivity index (χ0n) is 11.9. The summed E-state index contributed by atoms with van der Waals surface area (Å²) in [5, 5.41) is 3.44. The Morgan fingerprint density at radius 2 is 1.67 bits per heavy atom. The van der Waals surface area contributed by atoms with Crippen LogP contribution in [0, 0.1) is 13.8 Å². The Morgan fingerprint density at radius 3 is 2.29 bits per heavy atom. The van der Waals surface area contributed by atoms with E-state index in [9.17, 15) is 13.2 Å². The highest BCUT2D eigenvalue weighted by molar-refractivity contribution is 5.65. The second kappa shape index (κ2) is 4.79. The van der Waals surface area contributed by atoms with Crippen LogP contribution in [0.1, 0.15) is 33.9 Å². The first-order valence-electron chi connectivity index (χ1n) is 6.89. The van der Waals surface area contributed by atoms with Gasteiger partial charge in [0.2, 0.25) is 0 Å². The summed E-state index contributed by atoms with van der Waals surface area (Å²) in [5.41, 5.74) is 5.06. The first-order chi connectivity index (χ1) is 9.86. The second-order valence-electron chi connectivity index (χ2n) is 5.56. The lowest BCUT2D eigenvalue weighted by Gasteiger charge is -2.14. The Hall–Kier alpha value is -1.97. The van der Waals surface area contributed by atoms with E-state index in [-0.39, 0.29) is 6.04 Å². The van der Waals surface area contributed by atoms with Gasteiger partial charge in [-0.15, -0.1) is 0 Å². The van der Waals surface area contributed by atoms with Crippen molar-refractivity contribution in [3.8, 4) is 0 Å². The van der Waals surface area contributed by atoms with Gasteiger partial charge in [-0.1, -0.05) is 24.3 Å². The standard InChI is InChI=1S/C17H16F3N/c1-10-3-4-13-9-15(21-16(13)11(10)2)12-5-7-14(8-6-12)17(18,19)20/h3-8,15,21H,9H2,1-2H3. The number of aryl methyl sites for hydroxylation is 1. The topological polar surface area (TPSA) is 12.0 Å². The Labute approximate surface area is 121 Å². The van der Waals surface area contributed by atoms with Crippen LogP contribution in [-0.2, 0) is 12.6 Å². The molecule has 0 bridgehead atoms. The lowest BCUT2D eigenvalue weighted by atomic mass is 10.00. The van der Waals surface area contributed by atoms with Crippen LogP contribution in [-0.4, -0.2) is 0 Å². The quantitative estimate of drug-likeness (QED) is 0.777. The van der Waals surface area contributed by atoms with Crippen molar-refractivity contribution >= 4 is 5.69 Å². The molecule has 1 heterocycles. The van der Waals surface area contributed by atoms with Gasteiger partial charge in [0.25, 0.3) is 0 Å². The number of hydrogen-bond donors (Lipinski definition) is 1. The van der Waals surface area contributed by atoms with Gasteiger partial charge >= 0.3 is 6.18 Å². The predicted octanol–water partition coefficient (Wildman–Crippen LogP) is 5.03. The van der Waals surface area contributed by atoms with Gasteiger partial charge in [0, 0.05) is 5.69 Å². The number of nitrogens with one attached hydrogen (secondary N) is 1. The normalized spacial score (nSPS) is 17.5. The maximum atomic E-state index is 12.6. The fourth-order valence-corrected chi connectivity index (χ4v) is 2.79. The first-order valence-corrected chi connectivity index (χ1v) is 6.89. The van der Waals surface area contributed by atoms with E-state index in [1.54, 1.807) is 12.1 Å². The van der Waals surface area contributed by atoms with Gasteiger partial charge < -0.3 is 5.32 Å². The van der Waals surface area contributed by atoms with Crippen molar-refractivity contribution < 1.29 is 13.2 Å². The third-order valence-corrected chi connectivity index (χ3v) is 4.21. The molecule has 1 aliphatic rings. The SMILES string of the molecule is Cc1ccc2c(c1C)NC(c1ccc(C(F)(F)F)cc1)C2. The monoisotopic (exact) mass is 291 g/mol. The van der Waals surface area contributed by atoms with E-state index in [2.05, 4.69) is 31.3 Å². The van der Waals surface area contributed by atoms with Crippen molar-refractivity contribution in [2.75, 3.05) is 5.32 Å². The summed E-state index contributed by atoms with van der Waals surface area (Å²) in [6, 6.07) is 9.65. The summed E-state index contributed by atoms with van der Waals surface area (Å²) in [6.45, 7) is 4.12. The molecule has 0 fully saturated rings. The molecule has 1 unspecified atom stereocenters. The molecule has 110 valence electrons. The molecule has 2 aromatic carbocycles. The lowest BCUT2D eigenvalue weighted by molar-refractivity contribution is -0.137. The highest BCUT2D eigenvalue weighted by atomic mass is 19.4. The fourth-order valence-electron chi connectivity index (χ4n) is 2.79. The van der Waals surface area contributed by atoms with Gasteiger partial charge in [0.1, 0.15) is 0 Å². The summed E-state index contributed by atoms with van der Waals surface area (Å²) in [5.74, 6) is 0. The Kier molecular flexibility index (Phi) is 3.19. The molecule has 21 heavy (non-hydrogen) atoms. The maximum Gasteiger partial charge on any atom is 0.416 e. The van der Waals surface area contributed by atoms with Crippen molar-refractivity contribution in [3.05, 3.63) is 64.2 Å². The largest absolute Gasteiger partial charge is 0.416 e. The molecule has 0 amide bonds. The molecule has 2 aromatic rings. The van der Waals surface area contributed by atoms with Crippen LogP contribution in [0.4, 0.5) is 18.9 Å². The van der Waals surface area contributed by atoms with Crippen LogP contribution in [0.5, 0.6) is 0 Å². The van der Waals surface area contributed by atoms with Crippen LogP contribution in [0.3, 0.4) is 0 Å². The molecule has 0 aliphatic carbocycles. The summed E-state index contributed by atoms with van der Waals surface area (Å²) < 4.78 is 37.8. The van der Waals surface area contributed by atoms with E-state index in [1.807, 2.05) is 0 Å². The van der Waals surface area contributed by atoms with Crippen LogP contribution < -0.4 is 5.32 Å². The zero-order valence-corrected chi connectivity index (χ0v) is 11.9. The van der Waals surface area contributed by atoms with Crippen molar-refractivity contribution in [1.29, 1.82) is 0 Å². The highest BCUT2D eigenvalue weighted by Gasteiger charge is 2.31. The van der Waals surface area contributed by atoms with E-state index < -0.39 is 11.7 Å². The summed E-state index contributed by atoms with van der Waals surface area (Å²) in [7, 11) is 0. The first kappa shape index (κ1) is 14.0. The molecule has 0 saturated heterocycles. The zero-order chi connectivity index (χ0) is 15.2. The molecular weight excluding hydrogens is 275 g/mol. The summed E-state index contributed by atoms with van der Waals surface area (Å²) >= 11 is 0. The van der Waals surface area contributed by atoms with Gasteiger partial charge in [-0.25, -0.2) is 0 Å². The van der Waals surface area contributed by atoms with Crippen molar-refractivity contribution in [2.45, 2.75) is 32.5 Å². The average Bonchev–Trinajstić information content (AvgIpc) is 2.87. The minimum atomic E-state index is -4.28. The fraction of sp³-hybridized carbons (Fsp3) is 0.294. The Morgan fingerprint density at radius 1 is 1.00 bits per heavy atom. The van der Waals surface area contributed by atoms with Gasteiger partial charge in [0.15, 0.2) is 0 Å². The third kappa shape index (κ3) is 2.50. The molecule has 3 rings (SSSR count). The minimum absolute atomic E-state index is 0.0442. The molecule has 1 nitrogen and oxygen atoms in total. The number of benzene rings is 2. The minimum Gasteiger partial charge on any atom is -0.377 e. The van der Waals surface area contributed by atoms with Crippen LogP contribution >= 0.6 is 0 Å². The Bertz CT molecular complexity index is 672. The van der Waals surface area contributed by atoms with Crippen molar-refractivity contribution in [3.63, 3.8) is 0 Å². The molecule has 1 N–H and O–H groups in total. The number of halogens is 3. The molecular formula is C17H16F3N.